The van der Waals surface area contributed by atoms with Gasteiger partial charge < -0.3 is 41.9 Å². The van der Waals surface area contributed by atoms with E-state index in [1.165, 1.54) is 19.1 Å². The molecule has 3 amide bonds. The maximum atomic E-state index is 14.2. The zero-order chi connectivity index (χ0) is 32.1. The summed E-state index contributed by atoms with van der Waals surface area (Å²) in [4.78, 5) is 53.0. The molecule has 2 unspecified atom stereocenters. The van der Waals surface area contributed by atoms with Gasteiger partial charge in [-0.15, -0.1) is 0 Å². The van der Waals surface area contributed by atoms with Gasteiger partial charge in [0.05, 0.1) is 29.4 Å². The number of aromatic hydroxyl groups is 1. The molecule has 42 heavy (non-hydrogen) atoms. The van der Waals surface area contributed by atoms with E-state index in [1.54, 1.807) is 48.5 Å². The smallest absolute Gasteiger partial charge is 0.319 e. The summed E-state index contributed by atoms with van der Waals surface area (Å²) in [5.74, 6) is -9.78. The fourth-order valence-electron chi connectivity index (χ4n) is 8.35. The number of aliphatic hydroxyl groups excluding tert-OH is 3. The topological polar surface area (TPSA) is 220 Å². The quantitative estimate of drug-likeness (QED) is 0.186. The van der Waals surface area contributed by atoms with Gasteiger partial charge in [0, 0.05) is 16.4 Å². The third-order valence-electron chi connectivity index (χ3n) is 10.4. The number of ketones is 2. The molecule has 9 N–H and O–H groups in total. The Morgan fingerprint density at radius 3 is 2.14 bits per heavy atom. The first kappa shape index (κ1) is 31.9. The van der Waals surface area contributed by atoms with Gasteiger partial charge in [-0.05, 0) is 50.2 Å². The van der Waals surface area contributed by atoms with Crippen molar-refractivity contribution in [3.05, 3.63) is 23.3 Å². The van der Waals surface area contributed by atoms with Crippen molar-refractivity contribution in [2.45, 2.75) is 90.8 Å². The number of benzene rings is 1. The van der Waals surface area contributed by atoms with Gasteiger partial charge in [-0.25, -0.2) is 4.79 Å². The number of phenols is 1. The molecule has 0 saturated heterocycles. The number of anilines is 1. The van der Waals surface area contributed by atoms with E-state index in [-0.39, 0.29) is 11.3 Å². The van der Waals surface area contributed by atoms with Crippen LogP contribution in [0.3, 0.4) is 0 Å². The van der Waals surface area contributed by atoms with E-state index in [0.29, 0.717) is 5.56 Å². The van der Waals surface area contributed by atoms with Gasteiger partial charge in [0.25, 0.3) is 0 Å². The van der Waals surface area contributed by atoms with Crippen molar-refractivity contribution >= 4 is 29.2 Å². The number of amides is 3. The first-order valence-corrected chi connectivity index (χ1v) is 14.2. The van der Waals surface area contributed by atoms with Crippen molar-refractivity contribution in [2.24, 2.45) is 40.2 Å². The van der Waals surface area contributed by atoms with Crippen LogP contribution in [0.1, 0.15) is 77.2 Å². The number of carbonyl (C=O) groups excluding carboxylic acids is 4. The number of urea groups is 1. The van der Waals surface area contributed by atoms with Gasteiger partial charge in [0.15, 0.2) is 17.2 Å². The summed E-state index contributed by atoms with van der Waals surface area (Å²) >= 11 is 0. The molecule has 3 aliphatic carbocycles. The van der Waals surface area contributed by atoms with Crippen molar-refractivity contribution in [1.82, 2.24) is 5.32 Å². The Morgan fingerprint density at radius 2 is 1.64 bits per heavy atom. The van der Waals surface area contributed by atoms with Crippen LogP contribution in [0.2, 0.25) is 0 Å². The Hall–Kier alpha value is -3.06. The van der Waals surface area contributed by atoms with Crippen LogP contribution in [0.15, 0.2) is 12.1 Å². The molecule has 0 spiro atoms. The summed E-state index contributed by atoms with van der Waals surface area (Å²) in [6.07, 6.45) is -5.48. The summed E-state index contributed by atoms with van der Waals surface area (Å²) < 4.78 is 0. The maximum absolute atomic E-state index is 14.2. The Kier molecular flexibility index (Phi) is 7.38. The summed E-state index contributed by atoms with van der Waals surface area (Å²) in [5, 5.41) is 64.0. The third kappa shape index (κ3) is 3.95. The first-order chi connectivity index (χ1) is 19.1. The molecular weight excluding hydrogens is 546 g/mol. The lowest BCUT2D eigenvalue weighted by atomic mass is 9.36. The normalized spacial score (nSPS) is 39.7. The lowest BCUT2D eigenvalue weighted by molar-refractivity contribution is -0.306. The SMILES string of the molecule is CC(C)[C@H]1C(O)[C@@H](C(N)=O)C(=O)[C@]2(O)C(O)[C@H]3C(=O)c4c(ccc(NC(=O)NC(C)(C)C)c4O)[C@@H](C)[C@]3(C)[C@@H](O)[C@]12C. The Bertz CT molecular complexity index is 1360. The number of aliphatic hydroxyl groups is 4. The highest BCUT2D eigenvalue weighted by Gasteiger charge is 2.80. The largest absolute Gasteiger partial charge is 0.505 e. The van der Waals surface area contributed by atoms with Crippen molar-refractivity contribution in [3.63, 3.8) is 0 Å². The Balaban J connectivity index is 1.93. The number of fused-ring (bicyclic) bond motifs is 3. The van der Waals surface area contributed by atoms with Crippen LogP contribution in [0.4, 0.5) is 10.5 Å². The number of carbonyl (C=O) groups is 4. The third-order valence-corrected chi connectivity index (χ3v) is 10.4. The highest BCUT2D eigenvalue weighted by atomic mass is 16.4. The predicted molar refractivity (Wildman–Crippen MR) is 151 cm³/mol. The predicted octanol–water partition coefficient (Wildman–Crippen LogP) is 1.02. The van der Waals surface area contributed by atoms with Crippen LogP contribution >= 0.6 is 0 Å². The van der Waals surface area contributed by atoms with E-state index in [4.69, 9.17) is 5.73 Å². The second-order valence-electron chi connectivity index (χ2n) is 14.1. The van der Waals surface area contributed by atoms with Crippen molar-refractivity contribution in [3.8, 4) is 5.75 Å². The number of primary amides is 1. The fraction of sp³-hybridized carbons (Fsp3) is 0.667. The molecule has 0 aliphatic heterocycles. The molecule has 3 aliphatic rings. The van der Waals surface area contributed by atoms with Gasteiger partial charge >= 0.3 is 6.03 Å². The molecule has 10 atom stereocenters. The minimum Gasteiger partial charge on any atom is -0.505 e. The molecule has 2 fully saturated rings. The number of nitrogens with two attached hydrogens (primary N) is 1. The molecule has 1 aromatic rings. The van der Waals surface area contributed by atoms with E-state index in [0.717, 1.165) is 0 Å². The minimum atomic E-state index is -2.87. The van der Waals surface area contributed by atoms with E-state index >= 15 is 0 Å². The fourth-order valence-corrected chi connectivity index (χ4v) is 8.35. The average molecular weight is 590 g/mol. The highest BCUT2D eigenvalue weighted by Crippen LogP contribution is 2.68. The summed E-state index contributed by atoms with van der Waals surface area (Å²) in [7, 11) is 0. The molecule has 12 nitrogen and oxygen atoms in total. The number of rotatable bonds is 3. The van der Waals surface area contributed by atoms with E-state index < -0.39 is 99.1 Å². The van der Waals surface area contributed by atoms with Crippen LogP contribution in [-0.2, 0) is 9.59 Å². The van der Waals surface area contributed by atoms with Gasteiger partial charge in [-0.3, -0.25) is 14.4 Å². The second kappa shape index (κ2) is 9.73. The molecule has 0 bridgehead atoms. The van der Waals surface area contributed by atoms with Crippen LogP contribution in [0, 0.1) is 34.5 Å². The molecule has 4 rings (SSSR count). The molecule has 0 heterocycles. The van der Waals surface area contributed by atoms with Crippen LogP contribution in [-0.4, -0.2) is 78.5 Å². The Labute approximate surface area is 244 Å². The van der Waals surface area contributed by atoms with Gasteiger partial charge in [0.1, 0.15) is 17.8 Å². The van der Waals surface area contributed by atoms with Gasteiger partial charge in [-0.2, -0.15) is 0 Å². The molecule has 0 aromatic heterocycles. The monoisotopic (exact) mass is 589 g/mol. The number of nitrogens with one attached hydrogen (secondary N) is 2. The van der Waals surface area contributed by atoms with E-state index in [2.05, 4.69) is 10.6 Å². The van der Waals surface area contributed by atoms with Crippen molar-refractivity contribution < 1.29 is 44.7 Å². The molecule has 12 heteroatoms. The molecular formula is C30H43N3O9. The number of Topliss-reactive ketones (excluding diaryl/α,β-unsaturated/α-hetero) is 2. The Morgan fingerprint density at radius 1 is 1.07 bits per heavy atom. The number of phenolic OH excluding ortho intramolecular Hbond substituents is 1. The van der Waals surface area contributed by atoms with Gasteiger partial charge in [-0.1, -0.05) is 40.7 Å². The summed E-state index contributed by atoms with van der Waals surface area (Å²) in [5.41, 5.74) is -1.39. The van der Waals surface area contributed by atoms with Gasteiger partial charge in [0.2, 0.25) is 5.91 Å². The molecule has 232 valence electrons. The molecule has 0 radical (unpaired) electrons. The zero-order valence-corrected chi connectivity index (χ0v) is 25.2. The lowest BCUT2D eigenvalue weighted by Gasteiger charge is -2.69. The summed E-state index contributed by atoms with van der Waals surface area (Å²) in [6.45, 7) is 13.3. The summed E-state index contributed by atoms with van der Waals surface area (Å²) in [6, 6.07) is 2.33. The van der Waals surface area contributed by atoms with E-state index in [9.17, 15) is 44.7 Å². The average Bonchev–Trinajstić information content (AvgIpc) is 2.84. The van der Waals surface area contributed by atoms with Crippen molar-refractivity contribution in [2.75, 3.05) is 5.32 Å². The first-order valence-electron chi connectivity index (χ1n) is 14.2. The van der Waals surface area contributed by atoms with Crippen LogP contribution < -0.4 is 16.4 Å². The number of hydrogen-bond acceptors (Lipinski definition) is 9. The molecule has 1 aromatic carbocycles. The zero-order valence-electron chi connectivity index (χ0n) is 25.2. The van der Waals surface area contributed by atoms with E-state index in [1.807, 2.05) is 0 Å². The molecule has 2 saturated carbocycles. The standard InChI is InChI=1S/C30H43N3O9/c1-11(2)17-21(36)16(24(31)39)22(37)30(42)23(38)18-20(35)15-13(12(3)28(18,7)25(40)29(17,30)8)9-10-14(19(15)34)32-26(41)33-27(4,5)6/h9-12,16-18,21,23,25,34,36,38,40,42H,1-8H3,(H2,31,39)(H2,32,33,41)/t12-,16-,17+,18-,21?,23?,25-,28+,29+,30+/m1/s1. The lowest BCUT2D eigenvalue weighted by Crippen LogP contribution is -2.83. The minimum absolute atomic E-state index is 0.0837. The van der Waals surface area contributed by atoms with Crippen molar-refractivity contribution in [1.29, 1.82) is 0 Å². The number of hydrogen-bond donors (Lipinski definition) is 8. The second-order valence-corrected chi connectivity index (χ2v) is 14.1. The maximum Gasteiger partial charge on any atom is 0.319 e. The highest BCUT2D eigenvalue weighted by molar-refractivity contribution is 6.10. The van der Waals surface area contributed by atoms with Crippen LogP contribution in [0.5, 0.6) is 5.75 Å². The van der Waals surface area contributed by atoms with Crippen LogP contribution in [0.25, 0.3) is 0 Å².